The number of ether oxygens (including phenoxy) is 1. The van der Waals surface area contributed by atoms with E-state index in [1.807, 2.05) is 32.0 Å². The van der Waals surface area contributed by atoms with Gasteiger partial charge in [0.05, 0.1) is 36.8 Å². The molecule has 3 aromatic rings. The van der Waals surface area contributed by atoms with E-state index in [1.165, 1.54) is 12.0 Å². The first-order valence-corrected chi connectivity index (χ1v) is 11.2. The van der Waals surface area contributed by atoms with Gasteiger partial charge in [-0.1, -0.05) is 23.7 Å². The highest BCUT2D eigenvalue weighted by Crippen LogP contribution is 2.43. The van der Waals surface area contributed by atoms with Gasteiger partial charge in [0.2, 0.25) is 5.95 Å². The number of hydrogen-bond donors (Lipinski definition) is 2. The van der Waals surface area contributed by atoms with Crippen molar-refractivity contribution in [1.29, 1.82) is 0 Å². The Labute approximate surface area is 187 Å². The summed E-state index contributed by atoms with van der Waals surface area (Å²) >= 11 is 0. The molecule has 1 saturated heterocycles. The Kier molecular flexibility index (Phi) is 5.57. The van der Waals surface area contributed by atoms with Gasteiger partial charge in [-0.25, -0.2) is 4.98 Å². The quantitative estimate of drug-likeness (QED) is 0.604. The van der Waals surface area contributed by atoms with Crippen molar-refractivity contribution in [1.82, 2.24) is 15.1 Å². The Morgan fingerprint density at radius 3 is 2.44 bits per heavy atom. The summed E-state index contributed by atoms with van der Waals surface area (Å²) in [4.78, 5) is 11.8. The molecule has 2 aliphatic rings. The second kappa shape index (κ2) is 8.52. The zero-order chi connectivity index (χ0) is 22.1. The Morgan fingerprint density at radius 2 is 1.84 bits per heavy atom. The van der Waals surface area contributed by atoms with Crippen LogP contribution >= 0.6 is 0 Å². The fraction of sp³-hybridized carbons (Fsp3) is 0.458. The van der Waals surface area contributed by atoms with Crippen LogP contribution in [0, 0.1) is 13.8 Å². The molecule has 0 radical (unpaired) electrons. The van der Waals surface area contributed by atoms with Gasteiger partial charge in [-0.05, 0) is 44.4 Å². The third-order valence-corrected chi connectivity index (χ3v) is 6.70. The topological polar surface area (TPSA) is 96.5 Å². The minimum atomic E-state index is -0.0677. The lowest BCUT2D eigenvalue weighted by molar-refractivity contribution is 0.120. The first-order valence-electron chi connectivity index (χ1n) is 11.2. The molecular formula is C24H29N5O3. The fourth-order valence-corrected chi connectivity index (χ4v) is 4.60. The maximum atomic E-state index is 9.85. The van der Waals surface area contributed by atoms with Crippen molar-refractivity contribution in [3.05, 3.63) is 47.3 Å². The van der Waals surface area contributed by atoms with Crippen molar-refractivity contribution in [3.63, 3.8) is 0 Å². The molecule has 8 nitrogen and oxygen atoms in total. The van der Waals surface area contributed by atoms with Crippen LogP contribution < -0.4 is 10.2 Å². The van der Waals surface area contributed by atoms with Crippen LogP contribution in [0.15, 0.2) is 34.9 Å². The molecule has 2 N–H and O–H groups in total. The highest BCUT2D eigenvalue weighted by molar-refractivity contribution is 5.69. The number of anilines is 3. The molecule has 1 aliphatic carbocycles. The number of aryl methyl sites for hydroxylation is 2. The summed E-state index contributed by atoms with van der Waals surface area (Å²) < 4.78 is 10.9. The van der Waals surface area contributed by atoms with Gasteiger partial charge >= 0.3 is 0 Å². The predicted octanol–water partition coefficient (Wildman–Crippen LogP) is 3.74. The average Bonchev–Trinajstić information content (AvgIpc) is 3.13. The highest BCUT2D eigenvalue weighted by atomic mass is 16.5. The van der Waals surface area contributed by atoms with Crippen molar-refractivity contribution >= 4 is 17.5 Å². The molecule has 8 heteroatoms. The number of aromatic nitrogens is 3. The summed E-state index contributed by atoms with van der Waals surface area (Å²) in [6, 6.07) is 10.3. The number of morpholine rings is 1. The average molecular weight is 436 g/mol. The van der Waals surface area contributed by atoms with Gasteiger partial charge in [0.25, 0.3) is 0 Å². The number of nitrogens with one attached hydrogen (secondary N) is 1. The lowest BCUT2D eigenvalue weighted by atomic mass is 9.65. The molecule has 168 valence electrons. The van der Waals surface area contributed by atoms with E-state index in [-0.39, 0.29) is 12.0 Å². The zero-order valence-corrected chi connectivity index (χ0v) is 18.6. The molecule has 1 aromatic carbocycles. The van der Waals surface area contributed by atoms with Gasteiger partial charge < -0.3 is 24.6 Å². The van der Waals surface area contributed by atoms with Crippen molar-refractivity contribution in [2.24, 2.45) is 0 Å². The van der Waals surface area contributed by atoms with Gasteiger partial charge in [-0.15, -0.1) is 0 Å². The summed E-state index contributed by atoms with van der Waals surface area (Å²) in [5, 5.41) is 17.3. The molecule has 32 heavy (non-hydrogen) atoms. The number of hydrogen-bond acceptors (Lipinski definition) is 8. The predicted molar refractivity (Wildman–Crippen MR) is 122 cm³/mol. The Balaban J connectivity index is 1.46. The first kappa shape index (κ1) is 20.9. The summed E-state index contributed by atoms with van der Waals surface area (Å²) in [6.45, 7) is 6.96. The fourth-order valence-electron chi connectivity index (χ4n) is 4.60. The Hall–Kier alpha value is -2.97. The van der Waals surface area contributed by atoms with E-state index in [9.17, 15) is 5.11 Å². The highest BCUT2D eigenvalue weighted by Gasteiger charge is 2.37. The van der Waals surface area contributed by atoms with Gasteiger partial charge in [-0.3, -0.25) is 0 Å². The third kappa shape index (κ3) is 3.84. The minimum Gasteiger partial charge on any atom is -0.395 e. The monoisotopic (exact) mass is 435 g/mol. The minimum absolute atomic E-state index is 0.0677. The van der Waals surface area contributed by atoms with E-state index >= 15 is 0 Å². The molecule has 0 unspecified atom stereocenters. The molecule has 2 aromatic heterocycles. The van der Waals surface area contributed by atoms with Crippen LogP contribution in [-0.2, 0) is 10.2 Å². The summed E-state index contributed by atoms with van der Waals surface area (Å²) in [7, 11) is 0. The Bertz CT molecular complexity index is 1060. The second-order valence-electron chi connectivity index (χ2n) is 8.73. The van der Waals surface area contributed by atoms with Crippen LogP contribution in [0.4, 0.5) is 17.5 Å². The van der Waals surface area contributed by atoms with Gasteiger partial charge in [0.1, 0.15) is 11.6 Å². The van der Waals surface area contributed by atoms with Crippen molar-refractivity contribution in [2.45, 2.75) is 38.5 Å². The summed E-state index contributed by atoms with van der Waals surface area (Å²) in [6.07, 6.45) is 3.26. The second-order valence-corrected chi connectivity index (χ2v) is 8.73. The van der Waals surface area contributed by atoms with Gasteiger partial charge in [-0.2, -0.15) is 4.98 Å². The van der Waals surface area contributed by atoms with Gasteiger partial charge in [0.15, 0.2) is 0 Å². The van der Waals surface area contributed by atoms with Gasteiger partial charge in [0, 0.05) is 30.3 Å². The van der Waals surface area contributed by atoms with E-state index in [0.717, 1.165) is 60.1 Å². The molecule has 5 rings (SSSR count). The van der Waals surface area contributed by atoms with Crippen LogP contribution in [-0.4, -0.2) is 53.1 Å². The molecule has 0 amide bonds. The summed E-state index contributed by atoms with van der Waals surface area (Å²) in [5.74, 6) is 2.11. The van der Waals surface area contributed by atoms with Crippen LogP contribution in [0.2, 0.25) is 0 Å². The van der Waals surface area contributed by atoms with Crippen LogP contribution in [0.3, 0.4) is 0 Å². The lowest BCUT2D eigenvalue weighted by Gasteiger charge is -2.40. The summed E-state index contributed by atoms with van der Waals surface area (Å²) in [5.41, 5.74) is 4.52. The van der Waals surface area contributed by atoms with Crippen LogP contribution in [0.25, 0.3) is 11.3 Å². The van der Waals surface area contributed by atoms with Crippen LogP contribution in [0.1, 0.15) is 36.3 Å². The first-order chi connectivity index (χ1) is 15.6. The number of benzene rings is 1. The SMILES string of the molecule is Cc1noc(C)c1-c1cc(N2CCOCC2)nc(Nc2ccc(C3(CO)CCC3)cc2)n1. The molecule has 0 spiro atoms. The largest absolute Gasteiger partial charge is 0.395 e. The van der Waals surface area contributed by atoms with Crippen molar-refractivity contribution in [3.8, 4) is 11.3 Å². The molecule has 1 aliphatic heterocycles. The van der Waals surface area contributed by atoms with E-state index in [0.29, 0.717) is 19.2 Å². The molecular weight excluding hydrogens is 406 g/mol. The number of aliphatic hydroxyl groups excluding tert-OH is 1. The number of nitrogens with zero attached hydrogens (tertiary/aromatic N) is 4. The maximum Gasteiger partial charge on any atom is 0.229 e. The Morgan fingerprint density at radius 1 is 1.09 bits per heavy atom. The molecule has 0 bridgehead atoms. The smallest absolute Gasteiger partial charge is 0.229 e. The standard InChI is InChI=1S/C24H29N5O3/c1-16-22(17(2)32-28-16)20-14-21(29-10-12-31-13-11-29)27-23(26-20)25-19-6-4-18(5-7-19)24(15-30)8-3-9-24/h4-7,14,30H,3,8-13,15H2,1-2H3,(H,25,26,27). The van der Waals surface area contributed by atoms with E-state index in [1.54, 1.807) is 0 Å². The zero-order valence-electron chi connectivity index (χ0n) is 18.6. The van der Waals surface area contributed by atoms with Crippen LogP contribution in [0.5, 0.6) is 0 Å². The molecule has 2 fully saturated rings. The lowest BCUT2D eigenvalue weighted by Crippen LogP contribution is -2.37. The van der Waals surface area contributed by atoms with E-state index in [4.69, 9.17) is 19.2 Å². The molecule has 0 atom stereocenters. The maximum absolute atomic E-state index is 9.85. The van der Waals surface area contributed by atoms with Crippen molar-refractivity contribution < 1.29 is 14.4 Å². The third-order valence-electron chi connectivity index (χ3n) is 6.70. The molecule has 3 heterocycles. The number of rotatable bonds is 6. The number of aliphatic hydroxyl groups is 1. The van der Waals surface area contributed by atoms with E-state index in [2.05, 4.69) is 27.5 Å². The normalized spacial score (nSPS) is 17.8. The van der Waals surface area contributed by atoms with Crippen molar-refractivity contribution in [2.75, 3.05) is 43.1 Å². The molecule has 1 saturated carbocycles. The van der Waals surface area contributed by atoms with E-state index < -0.39 is 0 Å².